The summed E-state index contributed by atoms with van der Waals surface area (Å²) >= 11 is 0. The Kier molecular flexibility index (Phi) is 5.46. The molecule has 1 aliphatic rings. The first kappa shape index (κ1) is 17.2. The molecule has 0 bridgehead atoms. The highest BCUT2D eigenvalue weighted by atomic mass is 16.3. The lowest BCUT2D eigenvalue weighted by atomic mass is 10.0. The Morgan fingerprint density at radius 1 is 1.28 bits per heavy atom. The lowest BCUT2D eigenvalue weighted by Crippen LogP contribution is -2.43. The zero-order chi connectivity index (χ0) is 17.6. The highest BCUT2D eigenvalue weighted by Gasteiger charge is 2.22. The van der Waals surface area contributed by atoms with Crippen LogP contribution in [-0.2, 0) is 0 Å². The van der Waals surface area contributed by atoms with Gasteiger partial charge in [0.25, 0.3) is 0 Å². The summed E-state index contributed by atoms with van der Waals surface area (Å²) in [5.74, 6) is 0.119. The maximum Gasteiger partial charge on any atom is 0.316 e. The van der Waals surface area contributed by atoms with Gasteiger partial charge in [0.05, 0.1) is 11.7 Å². The van der Waals surface area contributed by atoms with Gasteiger partial charge >= 0.3 is 6.03 Å². The van der Waals surface area contributed by atoms with E-state index < -0.39 is 0 Å². The normalized spacial score (nSPS) is 20.2. The van der Waals surface area contributed by atoms with Crippen molar-refractivity contribution >= 4 is 6.03 Å². The number of amides is 2. The van der Waals surface area contributed by atoms with Gasteiger partial charge in [-0.3, -0.25) is 4.98 Å². The fourth-order valence-electron chi connectivity index (χ4n) is 3.08. The standard InChI is InChI=1S/C20H23N3O2/c1-14-5-4-6-16(11-14)19(18-7-2-3-10-21-18)23-20(25)22-17-9-8-15(12-17)13-24/h2-11,15,17,19,24H,12-13H2,1H3,(H2,22,23,25)/t15-,17+,19?/m0/s1. The first-order chi connectivity index (χ1) is 12.2. The summed E-state index contributed by atoms with van der Waals surface area (Å²) in [6, 6.07) is 13.1. The molecule has 1 aliphatic carbocycles. The molecule has 1 heterocycles. The monoisotopic (exact) mass is 337 g/mol. The molecule has 1 unspecified atom stereocenters. The van der Waals surface area contributed by atoms with Crippen LogP contribution in [0.3, 0.4) is 0 Å². The topological polar surface area (TPSA) is 74.2 Å². The summed E-state index contributed by atoms with van der Waals surface area (Å²) in [5.41, 5.74) is 2.91. The van der Waals surface area contributed by atoms with Gasteiger partial charge < -0.3 is 15.7 Å². The number of rotatable bonds is 5. The molecular formula is C20H23N3O2. The Hall–Kier alpha value is -2.66. The van der Waals surface area contributed by atoms with E-state index in [0.717, 1.165) is 23.2 Å². The Morgan fingerprint density at radius 2 is 2.16 bits per heavy atom. The largest absolute Gasteiger partial charge is 0.396 e. The molecule has 0 aliphatic heterocycles. The third-order valence-electron chi connectivity index (χ3n) is 4.36. The van der Waals surface area contributed by atoms with E-state index in [2.05, 4.69) is 21.7 Å². The van der Waals surface area contributed by atoms with Gasteiger partial charge in [-0.05, 0) is 31.0 Å². The van der Waals surface area contributed by atoms with Gasteiger partial charge in [0, 0.05) is 24.8 Å². The van der Waals surface area contributed by atoms with Crippen molar-refractivity contribution in [3.8, 4) is 0 Å². The van der Waals surface area contributed by atoms with Crippen molar-refractivity contribution in [2.75, 3.05) is 6.61 Å². The molecule has 0 saturated carbocycles. The second-order valence-electron chi connectivity index (χ2n) is 6.39. The Morgan fingerprint density at radius 3 is 2.84 bits per heavy atom. The summed E-state index contributed by atoms with van der Waals surface area (Å²) in [4.78, 5) is 16.9. The maximum atomic E-state index is 12.5. The van der Waals surface area contributed by atoms with Crippen LogP contribution in [-0.4, -0.2) is 28.8 Å². The number of hydrogen-bond acceptors (Lipinski definition) is 3. The second kappa shape index (κ2) is 7.94. The van der Waals surface area contributed by atoms with Crippen molar-refractivity contribution in [1.29, 1.82) is 0 Å². The Labute approximate surface area is 147 Å². The number of aromatic nitrogens is 1. The smallest absolute Gasteiger partial charge is 0.316 e. The minimum atomic E-state index is -0.319. The molecule has 0 radical (unpaired) electrons. The van der Waals surface area contributed by atoms with Crippen molar-refractivity contribution in [2.45, 2.75) is 25.4 Å². The molecule has 5 nitrogen and oxygen atoms in total. The minimum Gasteiger partial charge on any atom is -0.396 e. The molecule has 2 aromatic rings. The zero-order valence-electron chi connectivity index (χ0n) is 14.2. The molecule has 0 fully saturated rings. The zero-order valence-corrected chi connectivity index (χ0v) is 14.2. The predicted octanol–water partition coefficient (Wildman–Crippen LogP) is 2.72. The Bertz CT molecular complexity index is 746. The Balaban J connectivity index is 1.74. The van der Waals surface area contributed by atoms with Gasteiger partial charge in [-0.15, -0.1) is 0 Å². The third-order valence-corrected chi connectivity index (χ3v) is 4.36. The number of urea groups is 1. The highest BCUT2D eigenvalue weighted by molar-refractivity contribution is 5.75. The number of aliphatic hydroxyl groups excluding tert-OH is 1. The fraction of sp³-hybridized carbons (Fsp3) is 0.300. The van der Waals surface area contributed by atoms with E-state index in [0.29, 0.717) is 0 Å². The number of carbonyl (C=O) groups is 1. The quantitative estimate of drug-likeness (QED) is 0.735. The highest BCUT2D eigenvalue weighted by Crippen LogP contribution is 2.22. The van der Waals surface area contributed by atoms with Crippen LogP contribution in [0, 0.1) is 12.8 Å². The first-order valence-electron chi connectivity index (χ1n) is 8.49. The number of aryl methyl sites for hydroxylation is 1. The summed E-state index contributed by atoms with van der Waals surface area (Å²) in [5, 5.41) is 15.2. The molecular weight excluding hydrogens is 314 g/mol. The lowest BCUT2D eigenvalue weighted by molar-refractivity contribution is 0.229. The number of hydrogen-bond donors (Lipinski definition) is 3. The van der Waals surface area contributed by atoms with Gasteiger partial charge in [0.2, 0.25) is 0 Å². The van der Waals surface area contributed by atoms with Crippen LogP contribution in [0.1, 0.15) is 29.3 Å². The molecule has 3 rings (SSSR count). The maximum absolute atomic E-state index is 12.5. The number of benzene rings is 1. The number of carbonyl (C=O) groups excluding carboxylic acids is 1. The molecule has 25 heavy (non-hydrogen) atoms. The molecule has 130 valence electrons. The summed E-state index contributed by atoms with van der Waals surface area (Å²) in [6.07, 6.45) is 6.33. The molecule has 1 aromatic heterocycles. The van der Waals surface area contributed by atoms with E-state index in [9.17, 15) is 9.90 Å². The van der Waals surface area contributed by atoms with Crippen LogP contribution in [0.15, 0.2) is 60.8 Å². The van der Waals surface area contributed by atoms with Crippen LogP contribution in [0.25, 0.3) is 0 Å². The van der Waals surface area contributed by atoms with E-state index in [1.54, 1.807) is 6.20 Å². The van der Waals surface area contributed by atoms with E-state index in [-0.39, 0.29) is 30.6 Å². The van der Waals surface area contributed by atoms with Crippen molar-refractivity contribution < 1.29 is 9.90 Å². The fourth-order valence-corrected chi connectivity index (χ4v) is 3.08. The van der Waals surface area contributed by atoms with Crippen molar-refractivity contribution in [2.24, 2.45) is 5.92 Å². The summed E-state index contributed by atoms with van der Waals surface area (Å²) in [7, 11) is 0. The van der Waals surface area contributed by atoms with Crippen molar-refractivity contribution in [3.63, 3.8) is 0 Å². The number of nitrogens with zero attached hydrogens (tertiary/aromatic N) is 1. The average Bonchev–Trinajstić information content (AvgIpc) is 3.08. The van der Waals surface area contributed by atoms with Crippen molar-refractivity contribution in [1.82, 2.24) is 15.6 Å². The average molecular weight is 337 g/mol. The number of aliphatic hydroxyl groups is 1. The number of pyridine rings is 1. The summed E-state index contributed by atoms with van der Waals surface area (Å²) in [6.45, 7) is 2.13. The molecule has 3 N–H and O–H groups in total. The van der Waals surface area contributed by atoms with E-state index in [1.807, 2.05) is 55.5 Å². The molecule has 0 spiro atoms. The molecule has 1 aromatic carbocycles. The van der Waals surface area contributed by atoms with Crippen LogP contribution >= 0.6 is 0 Å². The third kappa shape index (κ3) is 4.45. The van der Waals surface area contributed by atoms with Crippen LogP contribution in [0.5, 0.6) is 0 Å². The van der Waals surface area contributed by atoms with Crippen LogP contribution in [0.2, 0.25) is 0 Å². The molecule has 5 heteroatoms. The van der Waals surface area contributed by atoms with E-state index in [1.165, 1.54) is 0 Å². The first-order valence-corrected chi connectivity index (χ1v) is 8.49. The van der Waals surface area contributed by atoms with Gasteiger partial charge in [-0.1, -0.05) is 48.0 Å². The van der Waals surface area contributed by atoms with Gasteiger partial charge in [-0.25, -0.2) is 4.79 Å². The second-order valence-corrected chi connectivity index (χ2v) is 6.39. The minimum absolute atomic E-state index is 0.0564. The SMILES string of the molecule is Cc1cccc(C(NC(=O)N[C@@H]2C=C[C@H](CO)C2)c2ccccn2)c1. The van der Waals surface area contributed by atoms with Gasteiger partial charge in [0.1, 0.15) is 0 Å². The predicted molar refractivity (Wildman–Crippen MR) is 97.0 cm³/mol. The summed E-state index contributed by atoms with van der Waals surface area (Å²) < 4.78 is 0. The number of nitrogens with one attached hydrogen (secondary N) is 2. The van der Waals surface area contributed by atoms with E-state index >= 15 is 0 Å². The van der Waals surface area contributed by atoms with Gasteiger partial charge in [0.15, 0.2) is 0 Å². The van der Waals surface area contributed by atoms with Gasteiger partial charge in [-0.2, -0.15) is 0 Å². The van der Waals surface area contributed by atoms with Crippen LogP contribution in [0.4, 0.5) is 4.79 Å². The molecule has 3 atom stereocenters. The lowest BCUT2D eigenvalue weighted by Gasteiger charge is -2.21. The van der Waals surface area contributed by atoms with Crippen LogP contribution < -0.4 is 10.6 Å². The molecule has 0 saturated heterocycles. The van der Waals surface area contributed by atoms with Crippen molar-refractivity contribution in [3.05, 3.63) is 77.6 Å². The van der Waals surface area contributed by atoms with E-state index in [4.69, 9.17) is 0 Å². The molecule has 2 amide bonds.